The van der Waals surface area contributed by atoms with Crippen molar-refractivity contribution >= 4 is 23.1 Å². The van der Waals surface area contributed by atoms with Crippen LogP contribution in [0.25, 0.3) is 11.8 Å². The van der Waals surface area contributed by atoms with Gasteiger partial charge < -0.3 is 19.3 Å². The molecule has 1 unspecified atom stereocenters. The van der Waals surface area contributed by atoms with Crippen LogP contribution in [-0.4, -0.2) is 31.0 Å². The van der Waals surface area contributed by atoms with E-state index in [1.54, 1.807) is 43.1 Å². The number of phenols is 1. The Hall–Kier alpha value is -4.30. The molecule has 0 saturated carbocycles. The van der Waals surface area contributed by atoms with E-state index in [0.717, 1.165) is 35.2 Å². The number of thiazole rings is 1. The summed E-state index contributed by atoms with van der Waals surface area (Å²) in [5.74, 6) is 1.57. The minimum atomic E-state index is -0.351. The lowest BCUT2D eigenvalue weighted by Crippen LogP contribution is -2.38. The van der Waals surface area contributed by atoms with Gasteiger partial charge in [0.1, 0.15) is 0 Å². The molecule has 6 rings (SSSR count). The number of fused-ring (bicyclic) bond motifs is 3. The molecule has 0 amide bonds. The van der Waals surface area contributed by atoms with E-state index in [1.165, 1.54) is 24.0 Å². The highest BCUT2D eigenvalue weighted by molar-refractivity contribution is 7.07. The monoisotopic (exact) mass is 526 g/mol. The summed E-state index contributed by atoms with van der Waals surface area (Å²) in [7, 11) is 4.71. The third-order valence-electron chi connectivity index (χ3n) is 7.13. The number of methoxy groups -OCH3 is 3. The molecule has 4 aromatic rings. The molecular formula is C30H26N2O5S. The molecule has 2 aliphatic rings. The summed E-state index contributed by atoms with van der Waals surface area (Å²) >= 11 is 1.31. The summed E-state index contributed by atoms with van der Waals surface area (Å²) in [5, 5.41) is 10.6. The van der Waals surface area contributed by atoms with Crippen molar-refractivity contribution in [3.63, 3.8) is 0 Å². The summed E-state index contributed by atoms with van der Waals surface area (Å²) in [4.78, 5) is 19.6. The number of phenolic OH excluding ortho intramolecular Hbond substituents is 1. The Bertz CT molecular complexity index is 1780. The Morgan fingerprint density at radius 3 is 2.53 bits per heavy atom. The van der Waals surface area contributed by atoms with Crippen LogP contribution in [-0.2, 0) is 6.42 Å². The van der Waals surface area contributed by atoms with Crippen molar-refractivity contribution < 1.29 is 19.3 Å². The van der Waals surface area contributed by atoms with Crippen LogP contribution in [0.2, 0.25) is 0 Å². The lowest BCUT2D eigenvalue weighted by Gasteiger charge is -2.31. The number of aromatic hydroxyl groups is 1. The second-order valence-electron chi connectivity index (χ2n) is 9.13. The van der Waals surface area contributed by atoms with Crippen molar-refractivity contribution in [3.05, 3.63) is 108 Å². The SMILES string of the molecule is COc1ccc(C2C3=C(N=c4sc(=Cc5cccc(OC)c5O)c(=O)n42)c2ccccc2CC3)cc1OC. The van der Waals surface area contributed by atoms with Crippen LogP contribution in [0, 0.1) is 0 Å². The number of hydrogen-bond acceptors (Lipinski definition) is 7. The molecule has 8 heteroatoms. The lowest BCUT2D eigenvalue weighted by atomic mass is 9.83. The maximum absolute atomic E-state index is 14.0. The Labute approximate surface area is 223 Å². The zero-order valence-corrected chi connectivity index (χ0v) is 22.0. The normalized spacial score (nSPS) is 16.3. The quantitative estimate of drug-likeness (QED) is 0.424. The molecule has 0 spiro atoms. The topological polar surface area (TPSA) is 82.3 Å². The van der Waals surface area contributed by atoms with Crippen LogP contribution in [0.4, 0.5) is 0 Å². The van der Waals surface area contributed by atoms with Gasteiger partial charge in [0.25, 0.3) is 5.56 Å². The zero-order valence-electron chi connectivity index (χ0n) is 21.2. The molecule has 0 radical (unpaired) electrons. The van der Waals surface area contributed by atoms with Crippen LogP contribution in [0.1, 0.15) is 34.7 Å². The Morgan fingerprint density at radius 2 is 1.74 bits per heavy atom. The van der Waals surface area contributed by atoms with Gasteiger partial charge in [0.05, 0.1) is 37.6 Å². The van der Waals surface area contributed by atoms with E-state index in [2.05, 4.69) is 12.1 Å². The average Bonchev–Trinajstić information content (AvgIpc) is 3.26. The first-order valence-corrected chi connectivity index (χ1v) is 13.1. The van der Waals surface area contributed by atoms with Crippen LogP contribution in [0.5, 0.6) is 23.0 Å². The Morgan fingerprint density at radius 1 is 0.947 bits per heavy atom. The van der Waals surface area contributed by atoms with E-state index < -0.39 is 0 Å². The number of rotatable bonds is 5. The molecule has 0 fully saturated rings. The number of aromatic nitrogens is 1. The van der Waals surface area contributed by atoms with Gasteiger partial charge in [-0.05, 0) is 53.8 Å². The van der Waals surface area contributed by atoms with E-state index in [1.807, 2.05) is 30.3 Å². The second kappa shape index (κ2) is 9.54. The molecule has 7 nitrogen and oxygen atoms in total. The van der Waals surface area contributed by atoms with Gasteiger partial charge in [0, 0.05) is 11.1 Å². The minimum Gasteiger partial charge on any atom is -0.504 e. The van der Waals surface area contributed by atoms with Gasteiger partial charge in [-0.1, -0.05) is 53.8 Å². The molecule has 3 aromatic carbocycles. The molecule has 1 atom stereocenters. The molecule has 1 aliphatic heterocycles. The average molecular weight is 527 g/mol. The highest BCUT2D eigenvalue weighted by atomic mass is 32.1. The molecule has 1 aromatic heterocycles. The highest BCUT2D eigenvalue weighted by Gasteiger charge is 2.33. The summed E-state index contributed by atoms with van der Waals surface area (Å²) in [6.07, 6.45) is 3.36. The summed E-state index contributed by atoms with van der Waals surface area (Å²) in [5.41, 5.74) is 5.63. The summed E-state index contributed by atoms with van der Waals surface area (Å²) in [6, 6.07) is 19.0. The van der Waals surface area contributed by atoms with Gasteiger partial charge >= 0.3 is 0 Å². The van der Waals surface area contributed by atoms with Gasteiger partial charge in [0.2, 0.25) is 0 Å². The smallest absolute Gasteiger partial charge is 0.271 e. The summed E-state index contributed by atoms with van der Waals surface area (Å²) in [6.45, 7) is 0. The predicted octanol–water partition coefficient (Wildman–Crippen LogP) is 4.05. The molecular weight excluding hydrogens is 500 g/mol. The molecule has 0 bridgehead atoms. The number of ether oxygens (including phenoxy) is 3. The number of allylic oxidation sites excluding steroid dienone is 1. The van der Waals surface area contributed by atoms with Gasteiger partial charge in [-0.3, -0.25) is 9.36 Å². The van der Waals surface area contributed by atoms with Crippen LogP contribution in [0.15, 0.2) is 76.0 Å². The van der Waals surface area contributed by atoms with Gasteiger partial charge in [-0.25, -0.2) is 4.99 Å². The Kier molecular flexibility index (Phi) is 6.04. The molecule has 192 valence electrons. The van der Waals surface area contributed by atoms with Gasteiger partial charge in [-0.15, -0.1) is 0 Å². The lowest BCUT2D eigenvalue weighted by molar-refractivity contribution is 0.354. The van der Waals surface area contributed by atoms with Gasteiger partial charge in [0.15, 0.2) is 27.8 Å². The van der Waals surface area contributed by atoms with Gasteiger partial charge in [-0.2, -0.15) is 0 Å². The van der Waals surface area contributed by atoms with Crippen LogP contribution in [0.3, 0.4) is 0 Å². The van der Waals surface area contributed by atoms with Crippen molar-refractivity contribution in [1.82, 2.24) is 4.57 Å². The molecule has 1 N–H and O–H groups in total. The predicted molar refractivity (Wildman–Crippen MR) is 147 cm³/mol. The number of benzene rings is 3. The third-order valence-corrected chi connectivity index (χ3v) is 8.12. The number of para-hydroxylation sites is 1. The fourth-order valence-corrected chi connectivity index (χ4v) is 6.30. The molecule has 38 heavy (non-hydrogen) atoms. The summed E-state index contributed by atoms with van der Waals surface area (Å²) < 4.78 is 18.6. The molecule has 1 aliphatic carbocycles. The van der Waals surface area contributed by atoms with E-state index >= 15 is 0 Å². The van der Waals surface area contributed by atoms with E-state index in [0.29, 0.717) is 32.1 Å². The maximum atomic E-state index is 14.0. The van der Waals surface area contributed by atoms with E-state index in [-0.39, 0.29) is 17.4 Å². The standard InChI is InChI=1S/C30H26N2O5S/c1-35-22-14-12-18(15-24(22)37-3)27-21-13-11-17-7-4-5-9-20(17)26(21)31-30-32(27)29(34)25(38-30)16-19-8-6-10-23(36-2)28(19)33/h4-10,12,14-16,27,33H,11,13H2,1-3H3. The van der Waals surface area contributed by atoms with Crippen LogP contribution >= 0.6 is 11.3 Å². The first kappa shape index (κ1) is 24.1. The fraction of sp³-hybridized carbons (Fsp3) is 0.200. The second-order valence-corrected chi connectivity index (χ2v) is 10.1. The highest BCUT2D eigenvalue weighted by Crippen LogP contribution is 2.42. The number of hydrogen-bond donors (Lipinski definition) is 1. The fourth-order valence-electron chi connectivity index (χ4n) is 5.31. The van der Waals surface area contributed by atoms with E-state index in [4.69, 9.17) is 19.2 Å². The van der Waals surface area contributed by atoms with Crippen molar-refractivity contribution in [3.8, 4) is 23.0 Å². The van der Waals surface area contributed by atoms with Crippen molar-refractivity contribution in [2.75, 3.05) is 21.3 Å². The maximum Gasteiger partial charge on any atom is 0.271 e. The largest absolute Gasteiger partial charge is 0.504 e. The van der Waals surface area contributed by atoms with E-state index in [9.17, 15) is 9.90 Å². The van der Waals surface area contributed by atoms with Crippen molar-refractivity contribution in [2.45, 2.75) is 18.9 Å². The van der Waals surface area contributed by atoms with Crippen molar-refractivity contribution in [1.29, 1.82) is 0 Å². The van der Waals surface area contributed by atoms with Crippen LogP contribution < -0.4 is 29.1 Å². The molecule has 0 saturated heterocycles. The number of aryl methyl sites for hydroxylation is 1. The molecule has 2 heterocycles. The first-order chi connectivity index (χ1) is 18.5. The first-order valence-electron chi connectivity index (χ1n) is 12.2. The van der Waals surface area contributed by atoms with Crippen molar-refractivity contribution in [2.24, 2.45) is 4.99 Å². The zero-order chi connectivity index (χ0) is 26.4. The third kappa shape index (κ3) is 3.80. The number of nitrogens with zero attached hydrogens (tertiary/aromatic N) is 2. The Balaban J connectivity index is 1.62. The minimum absolute atomic E-state index is 0.00880.